The highest BCUT2D eigenvalue weighted by Gasteiger charge is 2.22. The maximum atomic E-state index is 11.9. The molecule has 0 saturated heterocycles. The van der Waals surface area contributed by atoms with Crippen molar-refractivity contribution in [2.24, 2.45) is 5.92 Å². The van der Waals surface area contributed by atoms with Gasteiger partial charge in [0.1, 0.15) is 6.04 Å². The van der Waals surface area contributed by atoms with Crippen LogP contribution in [0.2, 0.25) is 0 Å². The second-order valence-corrected chi connectivity index (χ2v) is 5.26. The number of esters is 1. The van der Waals surface area contributed by atoms with Crippen LogP contribution in [0.1, 0.15) is 59.8 Å². The minimum atomic E-state index is -0.604. The molecule has 0 aromatic heterocycles. The summed E-state index contributed by atoms with van der Waals surface area (Å²) in [7, 11) is 0. The number of carbonyl (C=O) groups is 2. The van der Waals surface area contributed by atoms with E-state index in [2.05, 4.69) is 19.2 Å². The summed E-state index contributed by atoms with van der Waals surface area (Å²) in [6.45, 7) is 8.72. The van der Waals surface area contributed by atoms with Crippen molar-refractivity contribution in [1.29, 1.82) is 0 Å². The number of unbranched alkanes of at least 4 members (excludes halogenated alkanes) is 1. The molecule has 0 spiro atoms. The van der Waals surface area contributed by atoms with Gasteiger partial charge in [0.2, 0.25) is 0 Å². The van der Waals surface area contributed by atoms with Gasteiger partial charge in [-0.3, -0.25) is 0 Å². The monoisotopic (exact) mass is 287 g/mol. The molecule has 0 aromatic carbocycles. The third kappa shape index (κ3) is 9.64. The summed E-state index contributed by atoms with van der Waals surface area (Å²) in [6, 6.07) is -0.604. The summed E-state index contributed by atoms with van der Waals surface area (Å²) in [6.07, 6.45) is 3.72. The molecule has 0 aliphatic carbocycles. The Morgan fingerprint density at radius 1 is 1.05 bits per heavy atom. The van der Waals surface area contributed by atoms with Crippen molar-refractivity contribution in [3.05, 3.63) is 0 Å². The first-order chi connectivity index (χ1) is 9.51. The van der Waals surface area contributed by atoms with E-state index in [1.165, 1.54) is 0 Å². The van der Waals surface area contributed by atoms with E-state index < -0.39 is 12.1 Å². The van der Waals surface area contributed by atoms with E-state index in [1.54, 1.807) is 6.92 Å². The Morgan fingerprint density at radius 3 is 2.30 bits per heavy atom. The molecule has 118 valence electrons. The number of rotatable bonds is 10. The normalized spacial score (nSPS) is 12.1. The average Bonchev–Trinajstić information content (AvgIpc) is 2.39. The first kappa shape index (κ1) is 18.7. The van der Waals surface area contributed by atoms with Crippen molar-refractivity contribution < 1.29 is 19.1 Å². The fourth-order valence-electron chi connectivity index (χ4n) is 1.74. The molecule has 1 atom stereocenters. The minimum absolute atomic E-state index is 0.287. The van der Waals surface area contributed by atoms with Crippen molar-refractivity contribution in [3.63, 3.8) is 0 Å². The quantitative estimate of drug-likeness (QED) is 0.495. The fourth-order valence-corrected chi connectivity index (χ4v) is 1.74. The lowest BCUT2D eigenvalue weighted by Gasteiger charge is -2.17. The molecule has 0 rings (SSSR count). The van der Waals surface area contributed by atoms with Gasteiger partial charge in [-0.15, -0.1) is 0 Å². The molecular weight excluding hydrogens is 258 g/mol. The van der Waals surface area contributed by atoms with Crippen LogP contribution in [0.3, 0.4) is 0 Å². The van der Waals surface area contributed by atoms with Crippen LogP contribution in [-0.2, 0) is 14.3 Å². The van der Waals surface area contributed by atoms with E-state index in [9.17, 15) is 9.59 Å². The van der Waals surface area contributed by atoms with Crippen LogP contribution in [0, 0.1) is 5.92 Å². The zero-order chi connectivity index (χ0) is 15.4. The fraction of sp³-hybridized carbons (Fsp3) is 0.867. The molecule has 1 amide bonds. The third-order valence-electron chi connectivity index (χ3n) is 2.87. The Balaban J connectivity index is 4.15. The van der Waals surface area contributed by atoms with Gasteiger partial charge in [-0.05, 0) is 32.1 Å². The molecule has 0 saturated carbocycles. The number of hydrogen-bond donors (Lipinski definition) is 1. The van der Waals surface area contributed by atoms with E-state index in [1.807, 2.05) is 6.92 Å². The van der Waals surface area contributed by atoms with Crippen molar-refractivity contribution >= 4 is 12.1 Å². The largest absolute Gasteiger partial charge is 0.464 e. The molecule has 0 heterocycles. The van der Waals surface area contributed by atoms with Crippen LogP contribution in [0.4, 0.5) is 4.79 Å². The number of amides is 1. The maximum absolute atomic E-state index is 11.9. The number of alkyl carbamates (subject to hydrolysis) is 1. The second-order valence-electron chi connectivity index (χ2n) is 5.26. The SMILES string of the molecule is CCCCC(NC(=O)OCC)C(=O)OCCCC(C)C. The highest BCUT2D eigenvalue weighted by molar-refractivity contribution is 5.81. The van der Waals surface area contributed by atoms with Crippen molar-refractivity contribution in [2.45, 2.75) is 65.8 Å². The lowest BCUT2D eigenvalue weighted by atomic mass is 10.1. The predicted octanol–water partition coefficient (Wildman–Crippen LogP) is 3.27. The van der Waals surface area contributed by atoms with Crippen LogP contribution in [-0.4, -0.2) is 31.3 Å². The van der Waals surface area contributed by atoms with E-state index in [0.29, 0.717) is 18.9 Å². The third-order valence-corrected chi connectivity index (χ3v) is 2.87. The lowest BCUT2D eigenvalue weighted by Crippen LogP contribution is -2.42. The first-order valence-corrected chi connectivity index (χ1v) is 7.61. The van der Waals surface area contributed by atoms with Gasteiger partial charge in [0.25, 0.3) is 0 Å². The number of nitrogens with one attached hydrogen (secondary N) is 1. The Labute approximate surface area is 122 Å². The van der Waals surface area contributed by atoms with Crippen LogP contribution in [0.5, 0.6) is 0 Å². The van der Waals surface area contributed by atoms with Gasteiger partial charge in [-0.2, -0.15) is 0 Å². The molecule has 0 fully saturated rings. The van der Waals surface area contributed by atoms with Crippen LogP contribution < -0.4 is 5.32 Å². The Kier molecular flexibility index (Phi) is 10.8. The van der Waals surface area contributed by atoms with Crippen LogP contribution >= 0.6 is 0 Å². The highest BCUT2D eigenvalue weighted by Crippen LogP contribution is 2.06. The summed E-state index contributed by atoms with van der Waals surface area (Å²) in [5, 5.41) is 2.57. The first-order valence-electron chi connectivity index (χ1n) is 7.61. The summed E-state index contributed by atoms with van der Waals surface area (Å²) in [4.78, 5) is 23.3. The second kappa shape index (κ2) is 11.6. The standard InChI is InChI=1S/C15H29NO4/c1-5-7-10-13(16-15(18)19-6-2)14(17)20-11-8-9-12(3)4/h12-13H,5-11H2,1-4H3,(H,16,18). The zero-order valence-electron chi connectivity index (χ0n) is 13.2. The van der Waals surface area contributed by atoms with E-state index in [4.69, 9.17) is 9.47 Å². The van der Waals surface area contributed by atoms with Gasteiger partial charge < -0.3 is 14.8 Å². The smallest absolute Gasteiger partial charge is 0.407 e. The number of ether oxygens (including phenoxy) is 2. The van der Waals surface area contributed by atoms with Gasteiger partial charge >= 0.3 is 12.1 Å². The van der Waals surface area contributed by atoms with Crippen molar-refractivity contribution in [3.8, 4) is 0 Å². The molecule has 0 aromatic rings. The summed E-state index contributed by atoms with van der Waals surface area (Å²) >= 11 is 0. The van der Waals surface area contributed by atoms with Crippen molar-refractivity contribution in [1.82, 2.24) is 5.32 Å². The van der Waals surface area contributed by atoms with Gasteiger partial charge in [-0.1, -0.05) is 33.6 Å². The Morgan fingerprint density at radius 2 is 1.75 bits per heavy atom. The molecule has 1 unspecified atom stereocenters. The minimum Gasteiger partial charge on any atom is -0.464 e. The molecule has 0 aliphatic heterocycles. The molecule has 0 bridgehead atoms. The van der Waals surface area contributed by atoms with Gasteiger partial charge in [0, 0.05) is 0 Å². The summed E-state index contributed by atoms with van der Waals surface area (Å²) in [5.41, 5.74) is 0. The number of hydrogen-bond acceptors (Lipinski definition) is 4. The van der Waals surface area contributed by atoms with Gasteiger partial charge in [-0.25, -0.2) is 9.59 Å². The van der Waals surface area contributed by atoms with Crippen LogP contribution in [0.15, 0.2) is 0 Å². The Hall–Kier alpha value is -1.26. The van der Waals surface area contributed by atoms with Crippen LogP contribution in [0.25, 0.3) is 0 Å². The molecule has 20 heavy (non-hydrogen) atoms. The van der Waals surface area contributed by atoms with E-state index >= 15 is 0 Å². The summed E-state index contributed by atoms with van der Waals surface area (Å²) < 4.78 is 10.0. The molecule has 0 radical (unpaired) electrons. The van der Waals surface area contributed by atoms with E-state index in [-0.39, 0.29) is 12.6 Å². The Bertz CT molecular complexity index is 279. The van der Waals surface area contributed by atoms with Crippen molar-refractivity contribution in [2.75, 3.05) is 13.2 Å². The topological polar surface area (TPSA) is 64.6 Å². The number of carbonyl (C=O) groups excluding carboxylic acids is 2. The average molecular weight is 287 g/mol. The molecular formula is C15H29NO4. The highest BCUT2D eigenvalue weighted by atomic mass is 16.6. The predicted molar refractivity (Wildman–Crippen MR) is 78.5 cm³/mol. The summed E-state index contributed by atoms with van der Waals surface area (Å²) in [5.74, 6) is 0.234. The molecule has 5 heteroatoms. The lowest BCUT2D eigenvalue weighted by molar-refractivity contribution is -0.146. The van der Waals surface area contributed by atoms with Gasteiger partial charge in [0.15, 0.2) is 0 Å². The molecule has 0 aliphatic rings. The maximum Gasteiger partial charge on any atom is 0.407 e. The van der Waals surface area contributed by atoms with E-state index in [0.717, 1.165) is 25.7 Å². The molecule has 5 nitrogen and oxygen atoms in total. The van der Waals surface area contributed by atoms with Gasteiger partial charge in [0.05, 0.1) is 13.2 Å². The molecule has 1 N–H and O–H groups in total. The zero-order valence-corrected chi connectivity index (χ0v) is 13.2.